The lowest BCUT2D eigenvalue weighted by Gasteiger charge is -2.20. The number of carbonyl (C=O) groups is 1. The molecule has 0 spiro atoms. The van der Waals surface area contributed by atoms with Crippen molar-refractivity contribution in [2.45, 2.75) is 82.8 Å². The number of unbranched alkanes of at least 4 members (excludes halogenated alkanes) is 1. The number of benzene rings is 1. The first-order valence-corrected chi connectivity index (χ1v) is 12.1. The number of fused-ring (bicyclic) bond motifs is 1. The maximum Gasteiger partial charge on any atom is 0.306 e. The third-order valence-electron chi connectivity index (χ3n) is 5.71. The van der Waals surface area contributed by atoms with Crippen LogP contribution >= 0.6 is 0 Å². The molecule has 8 heteroatoms. The average molecular weight is 422 g/mol. The van der Waals surface area contributed by atoms with E-state index in [1.807, 2.05) is 4.57 Å². The Hall–Kier alpha value is -1.93. The number of nitrogens with zero attached hydrogens (tertiary/aromatic N) is 2. The molecule has 2 N–H and O–H groups in total. The summed E-state index contributed by atoms with van der Waals surface area (Å²) in [6, 6.07) is 4.68. The maximum absolute atomic E-state index is 12.2. The Morgan fingerprint density at radius 1 is 1.28 bits per heavy atom. The van der Waals surface area contributed by atoms with Crippen molar-refractivity contribution in [1.82, 2.24) is 9.55 Å². The van der Waals surface area contributed by atoms with Crippen LogP contribution in [0.1, 0.15) is 70.5 Å². The molecule has 29 heavy (non-hydrogen) atoms. The quantitative estimate of drug-likeness (QED) is 0.619. The van der Waals surface area contributed by atoms with E-state index in [9.17, 15) is 13.2 Å². The van der Waals surface area contributed by atoms with Gasteiger partial charge in [0.25, 0.3) is 0 Å². The van der Waals surface area contributed by atoms with Crippen molar-refractivity contribution in [2.75, 3.05) is 0 Å². The van der Waals surface area contributed by atoms with Crippen LogP contribution in [0.2, 0.25) is 0 Å². The van der Waals surface area contributed by atoms with E-state index >= 15 is 0 Å². The molecule has 7 nitrogen and oxygen atoms in total. The van der Waals surface area contributed by atoms with Gasteiger partial charge in [-0.1, -0.05) is 45.4 Å². The molecule has 0 unspecified atom stereocenters. The van der Waals surface area contributed by atoms with Crippen LogP contribution in [-0.4, -0.2) is 23.9 Å². The molecule has 0 atom stereocenters. The lowest BCUT2D eigenvalue weighted by Crippen LogP contribution is -2.13. The zero-order chi connectivity index (χ0) is 20.9. The Labute approximate surface area is 172 Å². The Kier molecular flexibility index (Phi) is 7.29. The fourth-order valence-electron chi connectivity index (χ4n) is 4.03. The van der Waals surface area contributed by atoms with Gasteiger partial charge in [-0.2, -0.15) is 0 Å². The van der Waals surface area contributed by atoms with E-state index in [-0.39, 0.29) is 17.5 Å². The first-order valence-electron chi connectivity index (χ1n) is 10.6. The number of carbonyl (C=O) groups excluding carboxylic acids is 1. The van der Waals surface area contributed by atoms with E-state index in [4.69, 9.17) is 9.88 Å². The number of sulfonamides is 1. The minimum atomic E-state index is -3.79. The first-order chi connectivity index (χ1) is 13.9. The molecule has 0 amide bonds. The van der Waals surface area contributed by atoms with Crippen molar-refractivity contribution >= 4 is 27.0 Å². The number of hydrogen-bond acceptors (Lipinski definition) is 5. The molecule has 1 aromatic carbocycles. The highest BCUT2D eigenvalue weighted by Crippen LogP contribution is 2.27. The SMILES string of the molecule is CCCCn1c(COC(=O)CCC2CCCCC2)nc2cc(S(N)(=O)=O)ccc21. The van der Waals surface area contributed by atoms with Gasteiger partial charge in [0.15, 0.2) is 0 Å². The Morgan fingerprint density at radius 3 is 2.72 bits per heavy atom. The predicted molar refractivity (Wildman–Crippen MR) is 112 cm³/mol. The van der Waals surface area contributed by atoms with E-state index in [1.54, 1.807) is 6.07 Å². The largest absolute Gasteiger partial charge is 0.458 e. The van der Waals surface area contributed by atoms with Gasteiger partial charge in [-0.15, -0.1) is 0 Å². The number of hydrogen-bond donors (Lipinski definition) is 1. The Bertz CT molecular complexity index is 946. The molecule has 1 aromatic heterocycles. The van der Waals surface area contributed by atoms with Gasteiger partial charge in [-0.3, -0.25) is 4.79 Å². The summed E-state index contributed by atoms with van der Waals surface area (Å²) in [4.78, 5) is 16.8. The van der Waals surface area contributed by atoms with E-state index in [2.05, 4.69) is 11.9 Å². The van der Waals surface area contributed by atoms with Gasteiger partial charge in [0, 0.05) is 13.0 Å². The second kappa shape index (κ2) is 9.71. The van der Waals surface area contributed by atoms with Gasteiger partial charge in [0.1, 0.15) is 12.4 Å². The smallest absolute Gasteiger partial charge is 0.306 e. The monoisotopic (exact) mass is 421 g/mol. The van der Waals surface area contributed by atoms with E-state index < -0.39 is 10.0 Å². The summed E-state index contributed by atoms with van der Waals surface area (Å²) in [5.41, 5.74) is 1.36. The third kappa shape index (κ3) is 5.79. The number of esters is 1. The molecule has 1 heterocycles. The fourth-order valence-corrected chi connectivity index (χ4v) is 4.56. The van der Waals surface area contributed by atoms with Crippen LogP contribution < -0.4 is 5.14 Å². The number of rotatable bonds is 9. The Balaban J connectivity index is 1.70. The minimum absolute atomic E-state index is 0.0289. The molecule has 1 aliphatic rings. The zero-order valence-corrected chi connectivity index (χ0v) is 17.9. The lowest BCUT2D eigenvalue weighted by molar-refractivity contribution is -0.145. The average Bonchev–Trinajstić information content (AvgIpc) is 3.06. The number of nitrogens with two attached hydrogens (primary N) is 1. The molecule has 0 aliphatic heterocycles. The summed E-state index contributed by atoms with van der Waals surface area (Å²) >= 11 is 0. The van der Waals surface area contributed by atoms with Crippen LogP contribution in [0, 0.1) is 5.92 Å². The van der Waals surface area contributed by atoms with Crippen LogP contribution in [0.15, 0.2) is 23.1 Å². The number of aromatic nitrogens is 2. The van der Waals surface area contributed by atoms with Crippen LogP contribution in [0.4, 0.5) is 0 Å². The normalized spacial score (nSPS) is 15.7. The van der Waals surface area contributed by atoms with Gasteiger partial charge < -0.3 is 9.30 Å². The van der Waals surface area contributed by atoms with E-state index in [0.717, 1.165) is 31.3 Å². The van der Waals surface area contributed by atoms with Crippen LogP contribution in [0.5, 0.6) is 0 Å². The van der Waals surface area contributed by atoms with Crippen LogP contribution in [0.25, 0.3) is 11.0 Å². The zero-order valence-electron chi connectivity index (χ0n) is 17.1. The number of ether oxygens (including phenoxy) is 1. The summed E-state index contributed by atoms with van der Waals surface area (Å²) in [5, 5.41) is 5.23. The van der Waals surface area contributed by atoms with Crippen molar-refractivity contribution in [3.63, 3.8) is 0 Å². The van der Waals surface area contributed by atoms with Gasteiger partial charge in [-0.05, 0) is 37.0 Å². The molecule has 1 fully saturated rings. The second-order valence-electron chi connectivity index (χ2n) is 7.93. The maximum atomic E-state index is 12.2. The van der Waals surface area contributed by atoms with E-state index in [0.29, 0.717) is 23.7 Å². The van der Waals surface area contributed by atoms with E-state index in [1.165, 1.54) is 44.2 Å². The van der Waals surface area contributed by atoms with Crippen LogP contribution in [-0.2, 0) is 32.7 Å². The standard InChI is InChI=1S/C21H31N3O4S/c1-2-3-13-24-19-11-10-17(29(22,26)27)14-18(19)23-20(24)15-28-21(25)12-9-16-7-5-4-6-8-16/h10-11,14,16H,2-9,12-13,15H2,1H3,(H2,22,26,27). The minimum Gasteiger partial charge on any atom is -0.458 e. The highest BCUT2D eigenvalue weighted by Gasteiger charge is 2.18. The van der Waals surface area contributed by atoms with Gasteiger partial charge in [0.05, 0.1) is 15.9 Å². The molecule has 1 aliphatic carbocycles. The van der Waals surface area contributed by atoms with Crippen LogP contribution in [0.3, 0.4) is 0 Å². The summed E-state index contributed by atoms with van der Waals surface area (Å²) in [6.07, 6.45) is 9.56. The summed E-state index contributed by atoms with van der Waals surface area (Å²) in [5.74, 6) is 1.07. The number of imidazole rings is 1. The third-order valence-corrected chi connectivity index (χ3v) is 6.62. The molecule has 0 bridgehead atoms. The molecule has 0 saturated heterocycles. The molecule has 3 rings (SSSR count). The first kappa shape index (κ1) is 21.8. The fraction of sp³-hybridized carbons (Fsp3) is 0.619. The van der Waals surface area contributed by atoms with Gasteiger partial charge in [-0.25, -0.2) is 18.5 Å². The molecule has 1 saturated carbocycles. The summed E-state index contributed by atoms with van der Waals surface area (Å²) in [6.45, 7) is 2.92. The highest BCUT2D eigenvalue weighted by molar-refractivity contribution is 7.89. The van der Waals surface area contributed by atoms with Gasteiger partial charge >= 0.3 is 5.97 Å². The number of aryl methyl sites for hydroxylation is 1. The molecular weight excluding hydrogens is 390 g/mol. The summed E-state index contributed by atoms with van der Waals surface area (Å²) in [7, 11) is -3.79. The molecule has 160 valence electrons. The topological polar surface area (TPSA) is 104 Å². The van der Waals surface area contributed by atoms with Crippen molar-refractivity contribution in [3.8, 4) is 0 Å². The summed E-state index contributed by atoms with van der Waals surface area (Å²) < 4.78 is 30.8. The van der Waals surface area contributed by atoms with Crippen molar-refractivity contribution < 1.29 is 17.9 Å². The Morgan fingerprint density at radius 2 is 2.03 bits per heavy atom. The molecule has 0 radical (unpaired) electrons. The number of primary sulfonamides is 1. The lowest BCUT2D eigenvalue weighted by atomic mass is 9.86. The molecular formula is C21H31N3O4S. The molecule has 2 aromatic rings. The second-order valence-corrected chi connectivity index (χ2v) is 9.49. The van der Waals surface area contributed by atoms with Crippen molar-refractivity contribution in [3.05, 3.63) is 24.0 Å². The highest BCUT2D eigenvalue weighted by atomic mass is 32.2. The predicted octanol–water partition coefficient (Wildman–Crippen LogP) is 3.89. The van der Waals surface area contributed by atoms with Gasteiger partial charge in [0.2, 0.25) is 10.0 Å². The van der Waals surface area contributed by atoms with Crippen molar-refractivity contribution in [1.29, 1.82) is 0 Å². The van der Waals surface area contributed by atoms with Crippen molar-refractivity contribution in [2.24, 2.45) is 11.1 Å².